The lowest BCUT2D eigenvalue weighted by Gasteiger charge is -2.05. The lowest BCUT2D eigenvalue weighted by Crippen LogP contribution is -2.07. The molecule has 0 spiro atoms. The Morgan fingerprint density at radius 2 is 2.00 bits per heavy atom. The van der Waals surface area contributed by atoms with Gasteiger partial charge in [-0.1, -0.05) is 6.07 Å². The van der Waals surface area contributed by atoms with Gasteiger partial charge in [-0.3, -0.25) is 0 Å². The van der Waals surface area contributed by atoms with Gasteiger partial charge in [0, 0.05) is 12.4 Å². The summed E-state index contributed by atoms with van der Waals surface area (Å²) in [6, 6.07) is 3.96. The van der Waals surface area contributed by atoms with Gasteiger partial charge in [0.15, 0.2) is 11.5 Å². The number of hydrogen-bond donors (Lipinski definition) is 1. The maximum Gasteiger partial charge on any atom is 0.435 e. The van der Waals surface area contributed by atoms with Crippen LogP contribution in [0.25, 0.3) is 5.82 Å². The molecule has 1 unspecified atom stereocenters. The van der Waals surface area contributed by atoms with E-state index < -0.39 is 18.0 Å². The summed E-state index contributed by atoms with van der Waals surface area (Å²) >= 11 is 0. The number of nitrogens with zero attached hydrogens (tertiary/aromatic N) is 3. The Hall–Kier alpha value is -1.89. The van der Waals surface area contributed by atoms with Gasteiger partial charge in [0.05, 0.1) is 6.10 Å². The average Bonchev–Trinajstić information content (AvgIpc) is 2.78. The molecule has 0 aliphatic carbocycles. The van der Waals surface area contributed by atoms with Crippen LogP contribution in [-0.4, -0.2) is 19.9 Å². The van der Waals surface area contributed by atoms with E-state index in [1.54, 1.807) is 13.0 Å². The van der Waals surface area contributed by atoms with Gasteiger partial charge in [-0.15, -0.1) is 0 Å². The molecule has 2 rings (SSSR count). The Labute approximate surface area is 101 Å². The van der Waals surface area contributed by atoms with Crippen LogP contribution >= 0.6 is 0 Å². The van der Waals surface area contributed by atoms with Crippen molar-refractivity contribution in [3.8, 4) is 5.82 Å². The summed E-state index contributed by atoms with van der Waals surface area (Å²) in [4.78, 5) is 3.94. The first-order valence-electron chi connectivity index (χ1n) is 5.15. The summed E-state index contributed by atoms with van der Waals surface area (Å²) in [5, 5.41) is 12.7. The second-order valence-electron chi connectivity index (χ2n) is 3.77. The van der Waals surface area contributed by atoms with Crippen molar-refractivity contribution in [2.45, 2.75) is 19.2 Å². The lowest BCUT2D eigenvalue weighted by molar-refractivity contribution is -0.141. The van der Waals surface area contributed by atoms with Crippen molar-refractivity contribution in [2.75, 3.05) is 0 Å². The van der Waals surface area contributed by atoms with Crippen LogP contribution in [0.1, 0.15) is 24.3 Å². The minimum atomic E-state index is -4.47. The maximum absolute atomic E-state index is 12.4. The van der Waals surface area contributed by atoms with Crippen LogP contribution in [0.15, 0.2) is 30.6 Å². The zero-order chi connectivity index (χ0) is 13.3. The highest BCUT2D eigenvalue weighted by Crippen LogP contribution is 2.27. The van der Waals surface area contributed by atoms with E-state index in [4.69, 9.17) is 0 Å². The van der Waals surface area contributed by atoms with Crippen LogP contribution in [0.5, 0.6) is 0 Å². The molecule has 0 amide bonds. The summed E-state index contributed by atoms with van der Waals surface area (Å²) in [5.74, 6) is 0.259. The molecular formula is C11H10F3N3O. The van der Waals surface area contributed by atoms with Gasteiger partial charge in [-0.05, 0) is 24.6 Å². The summed E-state index contributed by atoms with van der Waals surface area (Å²) in [6.45, 7) is 1.58. The number of alkyl halides is 3. The molecule has 2 aromatic rings. The van der Waals surface area contributed by atoms with E-state index in [1.165, 1.54) is 18.5 Å². The third kappa shape index (κ3) is 2.51. The molecular weight excluding hydrogens is 247 g/mol. The topological polar surface area (TPSA) is 50.9 Å². The smallest absolute Gasteiger partial charge is 0.389 e. The Morgan fingerprint density at radius 1 is 1.28 bits per heavy atom. The first-order chi connectivity index (χ1) is 8.38. The zero-order valence-corrected chi connectivity index (χ0v) is 9.39. The molecule has 0 fully saturated rings. The fraction of sp³-hybridized carbons (Fsp3) is 0.273. The molecule has 4 nitrogen and oxygen atoms in total. The summed E-state index contributed by atoms with van der Waals surface area (Å²) in [7, 11) is 0. The first-order valence-corrected chi connectivity index (χ1v) is 5.15. The van der Waals surface area contributed by atoms with Crippen LogP contribution in [0, 0.1) is 0 Å². The van der Waals surface area contributed by atoms with E-state index >= 15 is 0 Å². The van der Waals surface area contributed by atoms with Crippen molar-refractivity contribution >= 4 is 0 Å². The minimum absolute atomic E-state index is 0.259. The number of rotatable bonds is 2. The number of hydrogen-bond acceptors (Lipinski definition) is 3. The van der Waals surface area contributed by atoms with Gasteiger partial charge in [0.2, 0.25) is 0 Å². The van der Waals surface area contributed by atoms with Crippen LogP contribution in [0.2, 0.25) is 0 Å². The summed E-state index contributed by atoms with van der Waals surface area (Å²) in [6.07, 6.45) is -2.55. The van der Waals surface area contributed by atoms with E-state index in [0.717, 1.165) is 10.7 Å². The fourth-order valence-corrected chi connectivity index (χ4v) is 1.38. The van der Waals surface area contributed by atoms with E-state index in [0.29, 0.717) is 5.56 Å². The van der Waals surface area contributed by atoms with Gasteiger partial charge in [-0.2, -0.15) is 18.3 Å². The monoisotopic (exact) mass is 257 g/mol. The number of aromatic nitrogens is 3. The third-order valence-corrected chi connectivity index (χ3v) is 2.37. The highest BCUT2D eigenvalue weighted by Gasteiger charge is 2.33. The van der Waals surface area contributed by atoms with Crippen molar-refractivity contribution in [1.82, 2.24) is 14.8 Å². The Bertz CT molecular complexity index is 531. The SMILES string of the molecule is CC(O)c1ccc(-n2ccc(C(F)(F)F)n2)nc1. The standard InChI is InChI=1S/C11H10F3N3O/c1-7(18)8-2-3-10(15-6-8)17-5-4-9(16-17)11(12,13)14/h2-7,18H,1H3. The molecule has 0 aromatic carbocycles. The Balaban J connectivity index is 2.29. The van der Waals surface area contributed by atoms with Crippen molar-refractivity contribution in [1.29, 1.82) is 0 Å². The van der Waals surface area contributed by atoms with Gasteiger partial charge in [0.25, 0.3) is 0 Å². The molecule has 0 aliphatic heterocycles. The van der Waals surface area contributed by atoms with E-state index in [1.807, 2.05) is 0 Å². The van der Waals surface area contributed by atoms with E-state index in [9.17, 15) is 18.3 Å². The van der Waals surface area contributed by atoms with Crippen molar-refractivity contribution in [3.63, 3.8) is 0 Å². The second kappa shape index (κ2) is 4.41. The van der Waals surface area contributed by atoms with Crippen LogP contribution < -0.4 is 0 Å². The van der Waals surface area contributed by atoms with Crippen LogP contribution in [0.4, 0.5) is 13.2 Å². The highest BCUT2D eigenvalue weighted by molar-refractivity contribution is 5.26. The Kier molecular flexibility index (Phi) is 3.08. The van der Waals surface area contributed by atoms with Gasteiger partial charge >= 0.3 is 6.18 Å². The average molecular weight is 257 g/mol. The molecule has 0 saturated heterocycles. The molecule has 0 saturated carbocycles. The molecule has 0 bridgehead atoms. The molecule has 2 heterocycles. The molecule has 1 atom stereocenters. The summed E-state index contributed by atoms with van der Waals surface area (Å²) < 4.78 is 38.1. The van der Waals surface area contributed by atoms with Crippen molar-refractivity contribution in [2.24, 2.45) is 0 Å². The molecule has 96 valence electrons. The van der Waals surface area contributed by atoms with E-state index in [-0.39, 0.29) is 5.82 Å². The van der Waals surface area contributed by atoms with E-state index in [2.05, 4.69) is 10.1 Å². The Morgan fingerprint density at radius 3 is 2.44 bits per heavy atom. The number of pyridine rings is 1. The van der Waals surface area contributed by atoms with Crippen molar-refractivity contribution < 1.29 is 18.3 Å². The first kappa shape index (κ1) is 12.6. The molecule has 18 heavy (non-hydrogen) atoms. The molecule has 7 heteroatoms. The third-order valence-electron chi connectivity index (χ3n) is 2.37. The van der Waals surface area contributed by atoms with Crippen LogP contribution in [0.3, 0.4) is 0 Å². The molecule has 0 radical (unpaired) electrons. The fourth-order valence-electron chi connectivity index (χ4n) is 1.38. The number of aliphatic hydroxyl groups excluding tert-OH is 1. The molecule has 1 N–H and O–H groups in total. The molecule has 2 aromatic heterocycles. The van der Waals surface area contributed by atoms with Crippen molar-refractivity contribution in [3.05, 3.63) is 41.9 Å². The minimum Gasteiger partial charge on any atom is -0.389 e. The predicted molar refractivity (Wildman–Crippen MR) is 57.0 cm³/mol. The maximum atomic E-state index is 12.4. The second-order valence-corrected chi connectivity index (χ2v) is 3.77. The summed E-state index contributed by atoms with van der Waals surface area (Å²) in [5.41, 5.74) is -0.383. The van der Waals surface area contributed by atoms with Gasteiger partial charge < -0.3 is 5.11 Å². The van der Waals surface area contributed by atoms with Gasteiger partial charge in [-0.25, -0.2) is 9.67 Å². The van der Waals surface area contributed by atoms with Gasteiger partial charge in [0.1, 0.15) is 0 Å². The largest absolute Gasteiger partial charge is 0.435 e. The lowest BCUT2D eigenvalue weighted by atomic mass is 10.2. The predicted octanol–water partition coefficient (Wildman–Crippen LogP) is 2.34. The zero-order valence-electron chi connectivity index (χ0n) is 9.39. The van der Waals surface area contributed by atoms with Crippen LogP contribution in [-0.2, 0) is 6.18 Å². The quantitative estimate of drug-likeness (QED) is 0.898. The normalized spacial score (nSPS) is 13.6. The number of aliphatic hydroxyl groups is 1. The number of halogens is 3. The highest BCUT2D eigenvalue weighted by atomic mass is 19.4. The molecule has 0 aliphatic rings.